The normalized spacial score (nSPS) is 12.1. The summed E-state index contributed by atoms with van der Waals surface area (Å²) < 4.78 is 13.2. The average Bonchev–Trinajstić information content (AvgIpc) is 2.78. The van der Waals surface area contributed by atoms with Crippen LogP contribution >= 0.6 is 0 Å². The van der Waals surface area contributed by atoms with Gasteiger partial charge in [-0.1, -0.05) is 56.3 Å². The van der Waals surface area contributed by atoms with Crippen molar-refractivity contribution in [2.75, 3.05) is 11.9 Å². The molecule has 0 unspecified atom stereocenters. The number of nitrogens with zero attached hydrogens (tertiary/aromatic N) is 2. The minimum Gasteiger partial charge on any atom is -0.368 e. The first kappa shape index (κ1) is 22.9. The van der Waals surface area contributed by atoms with Gasteiger partial charge < -0.3 is 16.4 Å². The molecular weight excluding hydrogens is 409 g/mol. The van der Waals surface area contributed by atoms with E-state index < -0.39 is 17.9 Å². The van der Waals surface area contributed by atoms with Crippen LogP contribution in [-0.4, -0.2) is 34.6 Å². The fourth-order valence-corrected chi connectivity index (χ4v) is 3.17. The minimum atomic E-state index is -0.860. The Kier molecular flexibility index (Phi) is 7.14. The van der Waals surface area contributed by atoms with Crippen LogP contribution in [0, 0.1) is 5.82 Å². The summed E-state index contributed by atoms with van der Waals surface area (Å²) in [6.07, 6.45) is 0.285. The fourth-order valence-electron chi connectivity index (χ4n) is 3.17. The standard InChI is InChI=1S/C24H26FN5O2/c1-24(2,17-8-10-18(25)11-9-17)15-27-21-13-12-19(29-30-21)23(32)28-20(22(26)31)14-16-6-4-3-5-7-16/h3-13,20H,14-15H2,1-2H3,(H2,26,31)(H,27,30)(H,28,32)/t20-/m0/s1. The summed E-state index contributed by atoms with van der Waals surface area (Å²) >= 11 is 0. The van der Waals surface area contributed by atoms with Gasteiger partial charge in [-0.25, -0.2) is 4.39 Å². The second kappa shape index (κ2) is 10.00. The van der Waals surface area contributed by atoms with E-state index in [0.29, 0.717) is 12.4 Å². The van der Waals surface area contributed by atoms with Crippen LogP contribution in [0.15, 0.2) is 66.7 Å². The molecular formula is C24H26FN5O2. The van der Waals surface area contributed by atoms with E-state index in [2.05, 4.69) is 20.8 Å². The molecule has 8 heteroatoms. The van der Waals surface area contributed by atoms with E-state index in [4.69, 9.17) is 5.73 Å². The highest BCUT2D eigenvalue weighted by molar-refractivity contribution is 5.95. The quantitative estimate of drug-likeness (QED) is 0.479. The number of carbonyl (C=O) groups is 2. The molecule has 0 radical (unpaired) electrons. The Hall–Kier alpha value is -3.81. The first-order valence-electron chi connectivity index (χ1n) is 10.2. The van der Waals surface area contributed by atoms with E-state index >= 15 is 0 Å². The van der Waals surface area contributed by atoms with Gasteiger partial charge in [-0.3, -0.25) is 9.59 Å². The highest BCUT2D eigenvalue weighted by atomic mass is 19.1. The van der Waals surface area contributed by atoms with Crippen molar-refractivity contribution in [1.82, 2.24) is 15.5 Å². The Morgan fingerprint density at radius 1 is 1.00 bits per heavy atom. The molecule has 3 rings (SSSR count). The van der Waals surface area contributed by atoms with Crippen LogP contribution in [0.4, 0.5) is 10.2 Å². The van der Waals surface area contributed by atoms with Gasteiger partial charge in [0.15, 0.2) is 5.69 Å². The van der Waals surface area contributed by atoms with E-state index in [1.807, 2.05) is 44.2 Å². The molecule has 3 aromatic rings. The molecule has 2 aromatic carbocycles. The maximum Gasteiger partial charge on any atom is 0.272 e. The molecule has 0 fully saturated rings. The summed E-state index contributed by atoms with van der Waals surface area (Å²) in [5.74, 6) is -0.945. The number of benzene rings is 2. The zero-order valence-corrected chi connectivity index (χ0v) is 18.0. The van der Waals surface area contributed by atoms with Crippen LogP contribution in [0.25, 0.3) is 0 Å². The van der Waals surface area contributed by atoms with Crippen molar-refractivity contribution < 1.29 is 14.0 Å². The van der Waals surface area contributed by atoms with E-state index in [1.54, 1.807) is 18.2 Å². The zero-order chi connectivity index (χ0) is 23.1. The van der Waals surface area contributed by atoms with Crippen LogP contribution in [0.1, 0.15) is 35.5 Å². The van der Waals surface area contributed by atoms with Crippen molar-refractivity contribution in [3.05, 3.63) is 89.4 Å². The molecule has 0 saturated carbocycles. The smallest absolute Gasteiger partial charge is 0.272 e. The maximum absolute atomic E-state index is 13.2. The number of nitrogens with one attached hydrogen (secondary N) is 2. The van der Waals surface area contributed by atoms with Crippen molar-refractivity contribution in [1.29, 1.82) is 0 Å². The number of aromatic nitrogens is 2. The molecule has 32 heavy (non-hydrogen) atoms. The molecule has 0 aliphatic heterocycles. The Bertz CT molecular complexity index is 1050. The van der Waals surface area contributed by atoms with E-state index in [0.717, 1.165) is 11.1 Å². The van der Waals surface area contributed by atoms with Gasteiger partial charge in [0.05, 0.1) is 0 Å². The maximum atomic E-state index is 13.2. The fraction of sp³-hybridized carbons (Fsp3) is 0.250. The summed E-state index contributed by atoms with van der Waals surface area (Å²) in [5, 5.41) is 13.8. The number of amides is 2. The van der Waals surface area contributed by atoms with Crippen molar-refractivity contribution >= 4 is 17.6 Å². The third kappa shape index (κ3) is 6.10. The zero-order valence-electron chi connectivity index (χ0n) is 18.0. The summed E-state index contributed by atoms with van der Waals surface area (Å²) in [6.45, 7) is 4.58. The second-order valence-corrected chi connectivity index (χ2v) is 8.17. The molecule has 0 spiro atoms. The van der Waals surface area contributed by atoms with Crippen LogP contribution < -0.4 is 16.4 Å². The number of rotatable bonds is 9. The second-order valence-electron chi connectivity index (χ2n) is 8.17. The van der Waals surface area contributed by atoms with Crippen molar-refractivity contribution in [2.24, 2.45) is 5.73 Å². The molecule has 4 N–H and O–H groups in total. The van der Waals surface area contributed by atoms with Crippen molar-refractivity contribution in [3.8, 4) is 0 Å². The van der Waals surface area contributed by atoms with Gasteiger partial charge in [-0.15, -0.1) is 10.2 Å². The first-order valence-corrected chi connectivity index (χ1v) is 10.2. The van der Waals surface area contributed by atoms with Crippen molar-refractivity contribution in [2.45, 2.75) is 31.7 Å². The van der Waals surface area contributed by atoms with Gasteiger partial charge in [0, 0.05) is 18.4 Å². The lowest BCUT2D eigenvalue weighted by Crippen LogP contribution is -2.46. The lowest BCUT2D eigenvalue weighted by atomic mass is 9.84. The highest BCUT2D eigenvalue weighted by Gasteiger charge is 2.22. The molecule has 166 valence electrons. The monoisotopic (exact) mass is 435 g/mol. The Morgan fingerprint density at radius 3 is 2.28 bits per heavy atom. The van der Waals surface area contributed by atoms with Crippen LogP contribution in [0.3, 0.4) is 0 Å². The summed E-state index contributed by atoms with van der Waals surface area (Å²) in [7, 11) is 0. The minimum absolute atomic E-state index is 0.0765. The number of hydrogen-bond donors (Lipinski definition) is 3. The lowest BCUT2D eigenvalue weighted by Gasteiger charge is -2.25. The Labute approximate surface area is 186 Å². The van der Waals surface area contributed by atoms with Crippen LogP contribution in [-0.2, 0) is 16.6 Å². The number of nitrogens with two attached hydrogens (primary N) is 1. The SMILES string of the molecule is CC(C)(CNc1ccc(C(=O)N[C@@H](Cc2ccccc2)C(N)=O)nn1)c1ccc(F)cc1. The van der Waals surface area contributed by atoms with Crippen LogP contribution in [0.5, 0.6) is 0 Å². The number of carbonyl (C=O) groups excluding carboxylic acids is 2. The molecule has 2 amide bonds. The average molecular weight is 436 g/mol. The van der Waals surface area contributed by atoms with Gasteiger partial charge in [0.2, 0.25) is 5.91 Å². The summed E-state index contributed by atoms with van der Waals surface area (Å²) in [4.78, 5) is 24.3. The Balaban J connectivity index is 1.59. The van der Waals surface area contributed by atoms with E-state index in [9.17, 15) is 14.0 Å². The number of anilines is 1. The third-order valence-corrected chi connectivity index (χ3v) is 5.17. The van der Waals surface area contributed by atoms with E-state index in [-0.39, 0.29) is 23.3 Å². The Morgan fingerprint density at radius 2 is 1.69 bits per heavy atom. The summed E-state index contributed by atoms with van der Waals surface area (Å²) in [5.41, 5.74) is 7.11. The van der Waals surface area contributed by atoms with Gasteiger partial charge in [-0.05, 0) is 35.4 Å². The highest BCUT2D eigenvalue weighted by Crippen LogP contribution is 2.23. The number of hydrogen-bond acceptors (Lipinski definition) is 5. The molecule has 7 nitrogen and oxygen atoms in total. The molecule has 0 saturated heterocycles. The predicted octanol–water partition coefficient (Wildman–Crippen LogP) is 2.83. The van der Waals surface area contributed by atoms with Gasteiger partial charge in [-0.2, -0.15) is 0 Å². The predicted molar refractivity (Wildman–Crippen MR) is 121 cm³/mol. The topological polar surface area (TPSA) is 110 Å². The molecule has 0 aliphatic rings. The van der Waals surface area contributed by atoms with Gasteiger partial charge >= 0.3 is 0 Å². The lowest BCUT2D eigenvalue weighted by molar-refractivity contribution is -0.119. The largest absolute Gasteiger partial charge is 0.368 e. The number of primary amides is 1. The van der Waals surface area contributed by atoms with E-state index in [1.165, 1.54) is 18.2 Å². The molecule has 1 heterocycles. The van der Waals surface area contributed by atoms with Gasteiger partial charge in [0.1, 0.15) is 17.7 Å². The molecule has 1 atom stereocenters. The first-order chi connectivity index (χ1) is 15.2. The summed E-state index contributed by atoms with van der Waals surface area (Å²) in [6, 6.07) is 18.0. The van der Waals surface area contributed by atoms with Crippen molar-refractivity contribution in [3.63, 3.8) is 0 Å². The number of halogens is 1. The third-order valence-electron chi connectivity index (χ3n) is 5.17. The van der Waals surface area contributed by atoms with Crippen LogP contribution in [0.2, 0.25) is 0 Å². The molecule has 0 bridgehead atoms. The molecule has 1 aromatic heterocycles. The van der Waals surface area contributed by atoms with Gasteiger partial charge in [0.25, 0.3) is 5.91 Å². The molecule has 0 aliphatic carbocycles.